The minimum atomic E-state index is -0.609. The Morgan fingerprint density at radius 3 is 2.50 bits per heavy atom. The normalized spacial score (nSPS) is 10.5. The Bertz CT molecular complexity index is 1430. The van der Waals surface area contributed by atoms with Gasteiger partial charge in [0.05, 0.1) is 22.0 Å². The van der Waals surface area contributed by atoms with Crippen molar-refractivity contribution in [1.29, 1.82) is 0 Å². The van der Waals surface area contributed by atoms with Gasteiger partial charge in [0.2, 0.25) is 0 Å². The molecule has 2 heterocycles. The monoisotopic (exact) mass is 470 g/mol. The van der Waals surface area contributed by atoms with Crippen LogP contribution < -0.4 is 5.32 Å². The highest BCUT2D eigenvalue weighted by Gasteiger charge is 2.19. The lowest BCUT2D eigenvalue weighted by Crippen LogP contribution is -2.15. The molecule has 0 spiro atoms. The predicted molar refractivity (Wildman–Crippen MR) is 134 cm³/mol. The summed E-state index contributed by atoms with van der Waals surface area (Å²) in [5.41, 5.74) is 3.11. The third kappa shape index (κ3) is 4.53. The highest BCUT2D eigenvalue weighted by atomic mass is 35.5. The number of carbonyl (C=O) groups is 2. The van der Waals surface area contributed by atoms with E-state index in [1.807, 2.05) is 37.3 Å². The zero-order valence-corrected chi connectivity index (χ0v) is 19.0. The fraction of sp³-hybridized carbons (Fsp3) is 0.0400. The molecule has 2 aromatic carbocycles. The summed E-state index contributed by atoms with van der Waals surface area (Å²) in [6, 6.07) is 19.2. The Morgan fingerprint density at radius 1 is 1.03 bits per heavy atom. The Kier molecular flexibility index (Phi) is 6.42. The highest BCUT2D eigenvalue weighted by molar-refractivity contribution is 6.34. The summed E-state index contributed by atoms with van der Waals surface area (Å²) in [6.45, 7) is 8.69. The van der Waals surface area contributed by atoms with Gasteiger partial charge < -0.3 is 5.32 Å². The van der Waals surface area contributed by atoms with Gasteiger partial charge in [-0.3, -0.25) is 9.59 Å². The van der Waals surface area contributed by atoms with Crippen molar-refractivity contribution in [2.75, 3.05) is 5.32 Å². The molecule has 0 saturated carbocycles. The first-order valence-corrected chi connectivity index (χ1v) is 10.5. The van der Waals surface area contributed by atoms with Gasteiger partial charge in [0.15, 0.2) is 11.5 Å². The largest absolute Gasteiger partial charge is 0.306 e. The molecule has 0 radical (unpaired) electrons. The average Bonchev–Trinajstić information content (AvgIpc) is 3.28. The molecule has 2 aromatic heterocycles. The number of nitrogens with one attached hydrogen (secondary N) is 1. The van der Waals surface area contributed by atoms with E-state index < -0.39 is 11.8 Å². The Balaban J connectivity index is 1.71. The highest BCUT2D eigenvalue weighted by Crippen LogP contribution is 2.28. The van der Waals surface area contributed by atoms with Gasteiger partial charge in [-0.15, -0.1) is 0 Å². The second-order valence-electron chi connectivity index (χ2n) is 7.27. The lowest BCUT2D eigenvalue weighted by atomic mass is 10.1. The summed E-state index contributed by atoms with van der Waals surface area (Å²) in [4.78, 5) is 37.1. The van der Waals surface area contributed by atoms with E-state index in [1.165, 1.54) is 10.7 Å². The Labute approximate surface area is 200 Å². The summed E-state index contributed by atoms with van der Waals surface area (Å²) in [5, 5.41) is 7.32. The van der Waals surface area contributed by atoms with Crippen LogP contribution in [0.25, 0.3) is 16.9 Å². The number of nitrogens with zero attached hydrogens (tertiary/aromatic N) is 5. The van der Waals surface area contributed by atoms with Crippen LogP contribution in [0.1, 0.15) is 26.4 Å². The SMILES string of the molecule is C=NC(=O)c1cc(NC(=O)c2cc(-c3ccc(C)c(N=C)n3)ccc2Cl)n(-c2ccccc2)n1. The first kappa shape index (κ1) is 22.8. The minimum Gasteiger partial charge on any atom is -0.306 e. The molecule has 0 atom stereocenters. The van der Waals surface area contributed by atoms with Crippen molar-refractivity contribution in [2.45, 2.75) is 6.92 Å². The third-order valence-electron chi connectivity index (χ3n) is 5.04. The molecule has 0 aliphatic heterocycles. The number of hydrogen-bond donors (Lipinski definition) is 1. The topological polar surface area (TPSA) is 102 Å². The summed E-state index contributed by atoms with van der Waals surface area (Å²) in [6.07, 6.45) is 0. The molecule has 0 unspecified atom stereocenters. The molecule has 0 aliphatic carbocycles. The first-order chi connectivity index (χ1) is 16.4. The van der Waals surface area contributed by atoms with Crippen LogP contribution in [-0.4, -0.2) is 40.0 Å². The van der Waals surface area contributed by atoms with Crippen molar-refractivity contribution in [1.82, 2.24) is 14.8 Å². The number of carbonyl (C=O) groups excluding carboxylic acids is 2. The van der Waals surface area contributed by atoms with E-state index >= 15 is 0 Å². The lowest BCUT2D eigenvalue weighted by molar-refractivity contribution is 0.0996. The number of para-hydroxylation sites is 1. The van der Waals surface area contributed by atoms with Crippen molar-refractivity contribution < 1.29 is 9.59 Å². The number of amides is 2. The zero-order valence-electron chi connectivity index (χ0n) is 18.2. The minimum absolute atomic E-state index is 0.0438. The number of anilines is 1. The standard InChI is InChI=1S/C25H19ClN6O2/c1-15-9-12-20(29-23(15)27-2)16-10-11-19(26)18(13-16)24(33)30-22-14-21(25(34)28-3)31-32(22)17-7-5-4-6-8-17/h4-14H,2-3H2,1H3,(H,30,33). The molecule has 4 rings (SSSR count). The second kappa shape index (κ2) is 9.60. The molecule has 8 nitrogen and oxygen atoms in total. The molecule has 0 saturated heterocycles. The predicted octanol–water partition coefficient (Wildman–Crippen LogP) is 5.32. The second-order valence-corrected chi connectivity index (χ2v) is 7.68. The molecule has 34 heavy (non-hydrogen) atoms. The van der Waals surface area contributed by atoms with Crippen LogP contribution in [0.3, 0.4) is 0 Å². The lowest BCUT2D eigenvalue weighted by Gasteiger charge is -2.11. The van der Waals surface area contributed by atoms with E-state index in [2.05, 4.69) is 38.8 Å². The maximum absolute atomic E-state index is 13.2. The molecule has 9 heteroatoms. The number of hydrogen-bond acceptors (Lipinski definition) is 5. The molecule has 0 fully saturated rings. The number of halogens is 1. The van der Waals surface area contributed by atoms with Gasteiger partial charge >= 0.3 is 0 Å². The summed E-state index contributed by atoms with van der Waals surface area (Å²) in [5.74, 6) is -0.305. The van der Waals surface area contributed by atoms with Gasteiger partial charge in [-0.25, -0.2) is 19.7 Å². The maximum atomic E-state index is 13.2. The Hall–Kier alpha value is -4.43. The molecule has 2 amide bonds. The Morgan fingerprint density at radius 2 is 1.79 bits per heavy atom. The average molecular weight is 471 g/mol. The van der Waals surface area contributed by atoms with Crippen molar-refractivity contribution in [3.63, 3.8) is 0 Å². The molecule has 4 aromatic rings. The van der Waals surface area contributed by atoms with E-state index in [-0.39, 0.29) is 22.1 Å². The number of aromatic nitrogens is 3. The van der Waals surface area contributed by atoms with Gasteiger partial charge in [-0.2, -0.15) is 5.10 Å². The van der Waals surface area contributed by atoms with Gasteiger partial charge in [0.1, 0.15) is 5.82 Å². The number of benzene rings is 2. The van der Waals surface area contributed by atoms with Crippen molar-refractivity contribution >= 4 is 48.5 Å². The van der Waals surface area contributed by atoms with Crippen LogP contribution in [0.5, 0.6) is 0 Å². The van der Waals surface area contributed by atoms with Crippen LogP contribution in [0.2, 0.25) is 5.02 Å². The number of rotatable bonds is 6. The van der Waals surface area contributed by atoms with Gasteiger partial charge in [0, 0.05) is 11.6 Å². The number of pyridine rings is 1. The molecule has 1 N–H and O–H groups in total. The molecule has 0 aliphatic rings. The number of aliphatic imine (C=N–C) groups is 2. The third-order valence-corrected chi connectivity index (χ3v) is 5.37. The first-order valence-electron chi connectivity index (χ1n) is 10.1. The van der Waals surface area contributed by atoms with Crippen molar-refractivity contribution in [3.8, 4) is 16.9 Å². The van der Waals surface area contributed by atoms with Gasteiger partial charge in [-0.1, -0.05) is 41.9 Å². The van der Waals surface area contributed by atoms with Gasteiger partial charge in [0.25, 0.3) is 11.8 Å². The molecular formula is C25H19ClN6O2. The van der Waals surface area contributed by atoms with Crippen LogP contribution >= 0.6 is 11.6 Å². The van der Waals surface area contributed by atoms with Crippen molar-refractivity contribution in [2.24, 2.45) is 9.98 Å². The smallest absolute Gasteiger partial charge is 0.296 e. The molecular weight excluding hydrogens is 452 g/mol. The van der Waals surface area contributed by atoms with E-state index in [0.717, 1.165) is 5.56 Å². The van der Waals surface area contributed by atoms with Crippen LogP contribution in [0.4, 0.5) is 11.6 Å². The summed E-state index contributed by atoms with van der Waals surface area (Å²) < 4.78 is 1.44. The fourth-order valence-corrected chi connectivity index (χ4v) is 3.51. The fourth-order valence-electron chi connectivity index (χ4n) is 3.30. The van der Waals surface area contributed by atoms with Crippen LogP contribution in [-0.2, 0) is 0 Å². The summed E-state index contributed by atoms with van der Waals surface area (Å²) >= 11 is 6.35. The quantitative estimate of drug-likeness (QED) is 0.385. The van der Waals surface area contributed by atoms with Crippen LogP contribution in [0, 0.1) is 6.92 Å². The number of aryl methyl sites for hydroxylation is 1. The van der Waals surface area contributed by atoms with E-state index in [4.69, 9.17) is 11.6 Å². The van der Waals surface area contributed by atoms with Crippen molar-refractivity contribution in [3.05, 3.63) is 88.6 Å². The van der Waals surface area contributed by atoms with E-state index in [1.54, 1.807) is 30.3 Å². The molecule has 168 valence electrons. The van der Waals surface area contributed by atoms with Crippen LogP contribution in [0.15, 0.2) is 76.7 Å². The maximum Gasteiger partial charge on any atom is 0.296 e. The molecule has 0 bridgehead atoms. The van der Waals surface area contributed by atoms with E-state index in [9.17, 15) is 9.59 Å². The van der Waals surface area contributed by atoms with E-state index in [0.29, 0.717) is 22.8 Å². The summed E-state index contributed by atoms with van der Waals surface area (Å²) in [7, 11) is 0. The zero-order chi connectivity index (χ0) is 24.2. The van der Waals surface area contributed by atoms with Gasteiger partial charge in [-0.05, 0) is 56.3 Å².